The molecule has 0 aliphatic carbocycles. The second kappa shape index (κ2) is 7.28. The van der Waals surface area contributed by atoms with Gasteiger partial charge in [0.2, 0.25) is 0 Å². The molecule has 1 aliphatic rings. The second-order valence-electron chi connectivity index (χ2n) is 7.03. The van der Waals surface area contributed by atoms with Crippen molar-refractivity contribution in [1.82, 2.24) is 0 Å². The molecule has 0 amide bonds. The fraction of sp³-hybridized carbons (Fsp3) is 0.174. The lowest BCUT2D eigenvalue weighted by atomic mass is 9.98. The Morgan fingerprint density at radius 3 is 2.55 bits per heavy atom. The number of alkyl halides is 3. The molecule has 1 aliphatic heterocycles. The molecule has 29 heavy (non-hydrogen) atoms. The number of carboxylic acid groups (broad SMARTS) is 1. The fourth-order valence-electron chi connectivity index (χ4n) is 3.64. The van der Waals surface area contributed by atoms with Crippen LogP contribution in [0.25, 0.3) is 11.1 Å². The molecule has 1 atom stereocenters. The maximum Gasteiger partial charge on any atom is 0.416 e. The molecule has 148 valence electrons. The molecular formula is C23H17F3O3. The number of benzene rings is 3. The molecular weight excluding hydrogens is 381 g/mol. The van der Waals surface area contributed by atoms with Crippen molar-refractivity contribution in [2.24, 2.45) is 0 Å². The first kappa shape index (κ1) is 19.1. The van der Waals surface area contributed by atoms with E-state index < -0.39 is 17.7 Å². The van der Waals surface area contributed by atoms with E-state index in [4.69, 9.17) is 4.74 Å². The van der Waals surface area contributed by atoms with E-state index in [1.165, 1.54) is 12.1 Å². The Balaban J connectivity index is 1.59. The first-order valence-corrected chi connectivity index (χ1v) is 9.09. The highest BCUT2D eigenvalue weighted by Crippen LogP contribution is 2.40. The van der Waals surface area contributed by atoms with E-state index in [0.29, 0.717) is 24.2 Å². The Kier molecular flexibility index (Phi) is 4.78. The van der Waals surface area contributed by atoms with Crippen molar-refractivity contribution in [1.29, 1.82) is 0 Å². The van der Waals surface area contributed by atoms with E-state index in [9.17, 15) is 23.1 Å². The molecule has 0 bridgehead atoms. The smallest absolute Gasteiger partial charge is 0.416 e. The highest BCUT2D eigenvalue weighted by molar-refractivity contribution is 5.90. The molecule has 3 aromatic rings. The number of halogens is 3. The Hall–Kier alpha value is -3.28. The van der Waals surface area contributed by atoms with Crippen LogP contribution in [0.5, 0.6) is 5.75 Å². The SMILES string of the molecule is O=C(O)c1cccc(-c2cccc3c2OC(Cc2cccc(C(F)(F)F)c2)C3)c1. The summed E-state index contributed by atoms with van der Waals surface area (Å²) in [5.41, 5.74) is 2.53. The van der Waals surface area contributed by atoms with E-state index in [1.807, 2.05) is 24.3 Å². The summed E-state index contributed by atoms with van der Waals surface area (Å²) in [5.74, 6) is -0.352. The second-order valence-corrected chi connectivity index (χ2v) is 7.03. The summed E-state index contributed by atoms with van der Waals surface area (Å²) < 4.78 is 45.0. The van der Waals surface area contributed by atoms with Crippen LogP contribution in [0.4, 0.5) is 13.2 Å². The summed E-state index contributed by atoms with van der Waals surface area (Å²) in [6, 6.07) is 17.5. The monoisotopic (exact) mass is 398 g/mol. The molecule has 0 aromatic heterocycles. The Morgan fingerprint density at radius 2 is 1.79 bits per heavy atom. The molecule has 6 heteroatoms. The van der Waals surface area contributed by atoms with E-state index >= 15 is 0 Å². The van der Waals surface area contributed by atoms with Gasteiger partial charge in [-0.1, -0.05) is 48.5 Å². The molecule has 1 heterocycles. The van der Waals surface area contributed by atoms with Crippen molar-refractivity contribution in [3.05, 3.63) is 89.0 Å². The number of aromatic carboxylic acids is 1. The molecule has 1 N–H and O–H groups in total. The number of ether oxygens (including phenoxy) is 1. The lowest BCUT2D eigenvalue weighted by molar-refractivity contribution is -0.137. The summed E-state index contributed by atoms with van der Waals surface area (Å²) in [6.45, 7) is 0. The summed E-state index contributed by atoms with van der Waals surface area (Å²) in [4.78, 5) is 11.3. The normalized spacial score (nSPS) is 15.6. The Morgan fingerprint density at radius 1 is 1.03 bits per heavy atom. The minimum absolute atomic E-state index is 0.179. The van der Waals surface area contributed by atoms with Gasteiger partial charge in [0.1, 0.15) is 11.9 Å². The predicted octanol–water partition coefficient (Wildman–Crippen LogP) is 5.62. The van der Waals surface area contributed by atoms with E-state index in [1.54, 1.807) is 18.2 Å². The summed E-state index contributed by atoms with van der Waals surface area (Å²) in [6.07, 6.45) is -3.72. The van der Waals surface area contributed by atoms with Gasteiger partial charge in [-0.15, -0.1) is 0 Å². The van der Waals surface area contributed by atoms with E-state index in [2.05, 4.69) is 0 Å². The van der Waals surface area contributed by atoms with Gasteiger partial charge in [-0.2, -0.15) is 13.2 Å². The zero-order valence-electron chi connectivity index (χ0n) is 15.2. The summed E-state index contributed by atoms with van der Waals surface area (Å²) in [5, 5.41) is 9.22. The fourth-order valence-corrected chi connectivity index (χ4v) is 3.64. The lowest BCUT2D eigenvalue weighted by Gasteiger charge is -2.14. The van der Waals surface area contributed by atoms with Gasteiger partial charge in [-0.05, 0) is 34.9 Å². The van der Waals surface area contributed by atoms with Gasteiger partial charge in [0.05, 0.1) is 11.1 Å². The Labute approximate surface area is 165 Å². The van der Waals surface area contributed by atoms with Crippen LogP contribution in [0.15, 0.2) is 66.7 Å². The lowest BCUT2D eigenvalue weighted by Crippen LogP contribution is -2.17. The van der Waals surface area contributed by atoms with Gasteiger partial charge in [0.25, 0.3) is 0 Å². The van der Waals surface area contributed by atoms with Crippen LogP contribution in [0.1, 0.15) is 27.0 Å². The molecule has 0 radical (unpaired) electrons. The van der Waals surface area contributed by atoms with Crippen molar-refractivity contribution < 1.29 is 27.8 Å². The number of hydrogen-bond donors (Lipinski definition) is 1. The first-order valence-electron chi connectivity index (χ1n) is 9.09. The van der Waals surface area contributed by atoms with Gasteiger partial charge in [0, 0.05) is 18.4 Å². The van der Waals surface area contributed by atoms with Crippen LogP contribution in [-0.2, 0) is 19.0 Å². The van der Waals surface area contributed by atoms with Crippen LogP contribution >= 0.6 is 0 Å². The van der Waals surface area contributed by atoms with Crippen LogP contribution in [0.3, 0.4) is 0 Å². The number of hydrogen-bond acceptors (Lipinski definition) is 2. The summed E-state index contributed by atoms with van der Waals surface area (Å²) >= 11 is 0. The van der Waals surface area contributed by atoms with Crippen LogP contribution in [0, 0.1) is 0 Å². The molecule has 0 saturated carbocycles. The predicted molar refractivity (Wildman–Crippen MR) is 102 cm³/mol. The number of rotatable bonds is 4. The molecule has 1 unspecified atom stereocenters. The van der Waals surface area contributed by atoms with Crippen LogP contribution in [-0.4, -0.2) is 17.2 Å². The third kappa shape index (κ3) is 3.97. The quantitative estimate of drug-likeness (QED) is 0.621. The number of carboxylic acids is 1. The summed E-state index contributed by atoms with van der Waals surface area (Å²) in [7, 11) is 0. The van der Waals surface area contributed by atoms with Gasteiger partial charge in [-0.25, -0.2) is 4.79 Å². The highest BCUT2D eigenvalue weighted by atomic mass is 19.4. The third-order valence-electron chi connectivity index (χ3n) is 4.97. The maximum atomic E-state index is 13.0. The van der Waals surface area contributed by atoms with E-state index in [0.717, 1.165) is 28.8 Å². The third-order valence-corrected chi connectivity index (χ3v) is 4.97. The molecule has 3 nitrogen and oxygen atoms in total. The maximum absolute atomic E-state index is 13.0. The zero-order chi connectivity index (χ0) is 20.6. The minimum Gasteiger partial charge on any atom is -0.489 e. The largest absolute Gasteiger partial charge is 0.489 e. The topological polar surface area (TPSA) is 46.5 Å². The van der Waals surface area contributed by atoms with Gasteiger partial charge >= 0.3 is 12.1 Å². The van der Waals surface area contributed by atoms with Crippen molar-refractivity contribution in [3.8, 4) is 16.9 Å². The zero-order valence-corrected chi connectivity index (χ0v) is 15.2. The average molecular weight is 398 g/mol. The van der Waals surface area contributed by atoms with Crippen molar-refractivity contribution in [3.63, 3.8) is 0 Å². The molecule has 0 saturated heterocycles. The van der Waals surface area contributed by atoms with Crippen LogP contribution in [0.2, 0.25) is 0 Å². The van der Waals surface area contributed by atoms with Crippen molar-refractivity contribution >= 4 is 5.97 Å². The molecule has 3 aromatic carbocycles. The van der Waals surface area contributed by atoms with Gasteiger partial charge in [-0.3, -0.25) is 0 Å². The highest BCUT2D eigenvalue weighted by Gasteiger charge is 2.31. The number of carbonyl (C=O) groups is 1. The number of para-hydroxylation sites is 1. The van der Waals surface area contributed by atoms with Gasteiger partial charge in [0.15, 0.2) is 0 Å². The molecule has 0 fully saturated rings. The number of fused-ring (bicyclic) bond motifs is 1. The van der Waals surface area contributed by atoms with E-state index in [-0.39, 0.29) is 11.7 Å². The minimum atomic E-state index is -4.38. The Bertz CT molecular complexity index is 1070. The van der Waals surface area contributed by atoms with Crippen molar-refractivity contribution in [2.75, 3.05) is 0 Å². The van der Waals surface area contributed by atoms with Crippen LogP contribution < -0.4 is 4.74 Å². The average Bonchev–Trinajstić information content (AvgIpc) is 3.10. The van der Waals surface area contributed by atoms with Crippen molar-refractivity contribution in [2.45, 2.75) is 25.1 Å². The van der Waals surface area contributed by atoms with Gasteiger partial charge < -0.3 is 9.84 Å². The first-order chi connectivity index (χ1) is 13.8. The molecule has 4 rings (SSSR count). The standard InChI is InChI=1S/C23H17F3O3/c24-23(25,26)18-8-1-4-14(10-18)11-19-13-16-6-3-9-20(21(16)29-19)15-5-2-7-17(12-15)22(27)28/h1-10,12,19H,11,13H2,(H,27,28). The molecule has 0 spiro atoms.